The van der Waals surface area contributed by atoms with Crippen LogP contribution >= 0.6 is 0 Å². The van der Waals surface area contributed by atoms with Crippen LogP contribution in [0.15, 0.2) is 24.3 Å². The van der Waals surface area contributed by atoms with E-state index >= 15 is 0 Å². The maximum absolute atomic E-state index is 10.9. The Kier molecular flexibility index (Phi) is 3.64. The van der Waals surface area contributed by atoms with Crippen molar-refractivity contribution < 1.29 is 4.79 Å². The molecule has 5 N–H and O–H groups in total. The number of hydrogen-bond donors (Lipinski definition) is 3. The summed E-state index contributed by atoms with van der Waals surface area (Å²) in [6, 6.07) is 7.78. The summed E-state index contributed by atoms with van der Waals surface area (Å²) in [7, 11) is 0. The molecular formula is C13H19N3O. The van der Waals surface area contributed by atoms with Gasteiger partial charge in [0.25, 0.3) is 0 Å². The molecule has 0 heterocycles. The Hall–Kier alpha value is -1.55. The quantitative estimate of drug-likeness (QED) is 0.739. The van der Waals surface area contributed by atoms with Crippen molar-refractivity contribution in [1.29, 1.82) is 0 Å². The van der Waals surface area contributed by atoms with Gasteiger partial charge in [0.15, 0.2) is 0 Å². The predicted molar refractivity (Wildman–Crippen MR) is 68.8 cm³/mol. The molecule has 0 aliphatic heterocycles. The average molecular weight is 233 g/mol. The maximum Gasteiger partial charge on any atom is 0.248 e. The van der Waals surface area contributed by atoms with E-state index in [9.17, 15) is 4.79 Å². The summed E-state index contributed by atoms with van der Waals surface area (Å²) in [5, 5.41) is 3.42. The SMILES string of the molecule is NC(=O)c1ccc(NC2CCCCC2N)cc1. The molecule has 1 amide bonds. The summed E-state index contributed by atoms with van der Waals surface area (Å²) < 4.78 is 0. The van der Waals surface area contributed by atoms with E-state index in [-0.39, 0.29) is 6.04 Å². The van der Waals surface area contributed by atoms with E-state index in [1.54, 1.807) is 12.1 Å². The minimum atomic E-state index is -0.397. The van der Waals surface area contributed by atoms with Crippen LogP contribution in [0.25, 0.3) is 0 Å². The van der Waals surface area contributed by atoms with Gasteiger partial charge < -0.3 is 16.8 Å². The Bertz CT molecular complexity index is 388. The molecule has 1 aromatic carbocycles. The molecule has 0 saturated heterocycles. The van der Waals surface area contributed by atoms with Crippen molar-refractivity contribution in [3.63, 3.8) is 0 Å². The molecule has 1 aliphatic rings. The number of hydrogen-bond acceptors (Lipinski definition) is 3. The standard InChI is InChI=1S/C13H19N3O/c14-11-3-1-2-4-12(11)16-10-7-5-9(6-8-10)13(15)17/h5-8,11-12,16H,1-4,14H2,(H2,15,17). The summed E-state index contributed by atoms with van der Waals surface area (Å²) in [5.74, 6) is -0.397. The van der Waals surface area contributed by atoms with E-state index in [0.29, 0.717) is 11.6 Å². The lowest BCUT2D eigenvalue weighted by atomic mass is 9.91. The minimum absolute atomic E-state index is 0.222. The zero-order valence-corrected chi connectivity index (χ0v) is 9.86. The highest BCUT2D eigenvalue weighted by molar-refractivity contribution is 5.93. The maximum atomic E-state index is 10.9. The van der Waals surface area contributed by atoms with E-state index in [1.165, 1.54) is 12.8 Å². The molecule has 2 unspecified atom stereocenters. The summed E-state index contributed by atoms with van der Waals surface area (Å²) in [4.78, 5) is 10.9. The molecule has 1 aliphatic carbocycles. The van der Waals surface area contributed by atoms with Crippen LogP contribution in [0, 0.1) is 0 Å². The van der Waals surface area contributed by atoms with Gasteiger partial charge in [0.1, 0.15) is 0 Å². The molecule has 0 bridgehead atoms. The van der Waals surface area contributed by atoms with Crippen molar-refractivity contribution in [2.45, 2.75) is 37.8 Å². The van der Waals surface area contributed by atoms with Gasteiger partial charge in [-0.05, 0) is 37.1 Å². The Labute approximate surface area is 101 Å². The fourth-order valence-corrected chi connectivity index (χ4v) is 2.28. The second-order valence-corrected chi connectivity index (χ2v) is 4.64. The van der Waals surface area contributed by atoms with Gasteiger partial charge in [-0.25, -0.2) is 0 Å². The molecule has 4 nitrogen and oxygen atoms in total. The van der Waals surface area contributed by atoms with Crippen molar-refractivity contribution in [2.24, 2.45) is 11.5 Å². The first kappa shape index (κ1) is 11.9. The molecule has 0 aromatic heterocycles. The molecular weight excluding hydrogens is 214 g/mol. The highest BCUT2D eigenvalue weighted by Gasteiger charge is 2.21. The van der Waals surface area contributed by atoms with Crippen LogP contribution in [0.5, 0.6) is 0 Å². The largest absolute Gasteiger partial charge is 0.381 e. The predicted octanol–water partition coefficient (Wildman–Crippen LogP) is 1.47. The van der Waals surface area contributed by atoms with Gasteiger partial charge in [-0.2, -0.15) is 0 Å². The monoisotopic (exact) mass is 233 g/mol. The molecule has 2 atom stereocenters. The van der Waals surface area contributed by atoms with Crippen LogP contribution in [0.4, 0.5) is 5.69 Å². The number of rotatable bonds is 3. The third kappa shape index (κ3) is 2.97. The summed E-state index contributed by atoms with van der Waals surface area (Å²) in [6.45, 7) is 0. The zero-order valence-electron chi connectivity index (χ0n) is 9.86. The molecule has 4 heteroatoms. The van der Waals surface area contributed by atoms with Crippen molar-refractivity contribution in [2.75, 3.05) is 5.32 Å². The van der Waals surface area contributed by atoms with Gasteiger partial charge in [-0.1, -0.05) is 12.8 Å². The summed E-state index contributed by atoms with van der Waals surface area (Å²) >= 11 is 0. The number of anilines is 1. The van der Waals surface area contributed by atoms with Crippen LogP contribution in [0.2, 0.25) is 0 Å². The van der Waals surface area contributed by atoms with Crippen LogP contribution in [-0.2, 0) is 0 Å². The smallest absolute Gasteiger partial charge is 0.248 e. The zero-order chi connectivity index (χ0) is 12.3. The molecule has 1 aromatic rings. The number of amides is 1. The Morgan fingerprint density at radius 1 is 1.18 bits per heavy atom. The summed E-state index contributed by atoms with van der Waals surface area (Å²) in [5.41, 5.74) is 12.8. The Balaban J connectivity index is 2.00. The second kappa shape index (κ2) is 5.19. The van der Waals surface area contributed by atoms with Gasteiger partial charge in [-0.15, -0.1) is 0 Å². The van der Waals surface area contributed by atoms with Gasteiger partial charge in [0, 0.05) is 23.3 Å². The molecule has 1 fully saturated rings. The number of primary amides is 1. The lowest BCUT2D eigenvalue weighted by Gasteiger charge is -2.30. The Morgan fingerprint density at radius 3 is 2.41 bits per heavy atom. The van der Waals surface area contributed by atoms with Crippen molar-refractivity contribution in [1.82, 2.24) is 0 Å². The van der Waals surface area contributed by atoms with E-state index in [0.717, 1.165) is 18.5 Å². The first-order chi connectivity index (χ1) is 8.16. The van der Waals surface area contributed by atoms with Gasteiger partial charge in [0.05, 0.1) is 0 Å². The fourth-order valence-electron chi connectivity index (χ4n) is 2.28. The van der Waals surface area contributed by atoms with Crippen LogP contribution < -0.4 is 16.8 Å². The van der Waals surface area contributed by atoms with Gasteiger partial charge >= 0.3 is 0 Å². The third-order valence-electron chi connectivity index (χ3n) is 3.34. The molecule has 1 saturated carbocycles. The number of carbonyl (C=O) groups excluding carboxylic acids is 1. The van der Waals surface area contributed by atoms with E-state index in [2.05, 4.69) is 5.32 Å². The first-order valence-corrected chi connectivity index (χ1v) is 6.09. The summed E-state index contributed by atoms with van der Waals surface area (Å²) in [6.07, 6.45) is 4.64. The fraction of sp³-hybridized carbons (Fsp3) is 0.462. The molecule has 2 rings (SSSR count). The number of nitrogens with one attached hydrogen (secondary N) is 1. The highest BCUT2D eigenvalue weighted by Crippen LogP contribution is 2.21. The molecule has 0 spiro atoms. The van der Waals surface area contributed by atoms with E-state index in [4.69, 9.17) is 11.5 Å². The van der Waals surface area contributed by atoms with Crippen molar-refractivity contribution in [3.8, 4) is 0 Å². The number of carbonyl (C=O) groups is 1. The Morgan fingerprint density at radius 2 is 1.82 bits per heavy atom. The molecule has 17 heavy (non-hydrogen) atoms. The lowest BCUT2D eigenvalue weighted by Crippen LogP contribution is -2.42. The van der Waals surface area contributed by atoms with Crippen molar-refractivity contribution in [3.05, 3.63) is 29.8 Å². The molecule has 0 radical (unpaired) electrons. The lowest BCUT2D eigenvalue weighted by molar-refractivity contribution is 0.100. The normalized spacial score (nSPS) is 24.3. The third-order valence-corrected chi connectivity index (χ3v) is 3.34. The topological polar surface area (TPSA) is 81.1 Å². The van der Waals surface area contributed by atoms with Crippen LogP contribution in [0.1, 0.15) is 36.0 Å². The van der Waals surface area contributed by atoms with E-state index < -0.39 is 5.91 Å². The highest BCUT2D eigenvalue weighted by atomic mass is 16.1. The van der Waals surface area contributed by atoms with Crippen molar-refractivity contribution >= 4 is 11.6 Å². The number of nitrogens with two attached hydrogens (primary N) is 2. The van der Waals surface area contributed by atoms with E-state index in [1.807, 2.05) is 12.1 Å². The second-order valence-electron chi connectivity index (χ2n) is 4.64. The van der Waals surface area contributed by atoms with Gasteiger partial charge in [0.2, 0.25) is 5.91 Å². The molecule has 92 valence electrons. The average Bonchev–Trinajstić information content (AvgIpc) is 2.33. The van der Waals surface area contributed by atoms with Crippen LogP contribution in [0.3, 0.4) is 0 Å². The van der Waals surface area contributed by atoms with Crippen LogP contribution in [-0.4, -0.2) is 18.0 Å². The number of benzene rings is 1. The van der Waals surface area contributed by atoms with Gasteiger partial charge in [-0.3, -0.25) is 4.79 Å². The minimum Gasteiger partial charge on any atom is -0.381 e. The first-order valence-electron chi connectivity index (χ1n) is 6.09.